The van der Waals surface area contributed by atoms with E-state index in [9.17, 15) is 4.79 Å². The van der Waals surface area contributed by atoms with Crippen molar-refractivity contribution in [2.24, 2.45) is 5.92 Å². The highest BCUT2D eigenvalue weighted by Gasteiger charge is 2.06. The molecule has 0 aliphatic rings. The molecule has 0 radical (unpaired) electrons. The molecule has 0 fully saturated rings. The van der Waals surface area contributed by atoms with Crippen molar-refractivity contribution in [2.75, 3.05) is 0 Å². The van der Waals surface area contributed by atoms with Crippen LogP contribution in [0.4, 0.5) is 0 Å². The second kappa shape index (κ2) is 6.23. The van der Waals surface area contributed by atoms with Crippen molar-refractivity contribution in [3.8, 4) is 0 Å². The summed E-state index contributed by atoms with van der Waals surface area (Å²) in [5, 5.41) is 2.93. The van der Waals surface area contributed by atoms with Gasteiger partial charge in [0.25, 0.3) is 0 Å². The van der Waals surface area contributed by atoms with Gasteiger partial charge in [0.15, 0.2) is 0 Å². The van der Waals surface area contributed by atoms with E-state index in [1.54, 1.807) is 0 Å². The van der Waals surface area contributed by atoms with Crippen molar-refractivity contribution >= 4 is 5.91 Å². The lowest BCUT2D eigenvalue weighted by Crippen LogP contribution is -2.24. The highest BCUT2D eigenvalue weighted by molar-refractivity contribution is 5.76. The van der Waals surface area contributed by atoms with Gasteiger partial charge in [-0.2, -0.15) is 0 Å². The van der Waals surface area contributed by atoms with Crippen LogP contribution in [0, 0.1) is 5.92 Å². The predicted molar refractivity (Wildman–Crippen MR) is 62.4 cm³/mol. The zero-order chi connectivity index (χ0) is 11.1. The molecule has 1 atom stereocenters. The third-order valence-corrected chi connectivity index (χ3v) is 2.56. The van der Waals surface area contributed by atoms with Crippen LogP contribution < -0.4 is 5.32 Å². The van der Waals surface area contributed by atoms with Crippen molar-refractivity contribution in [1.29, 1.82) is 0 Å². The first-order chi connectivity index (χ1) is 7.22. The molecular formula is C13H19NO. The van der Waals surface area contributed by atoms with E-state index in [1.165, 1.54) is 0 Å². The summed E-state index contributed by atoms with van der Waals surface area (Å²) in [6.45, 7) is 4.84. The van der Waals surface area contributed by atoms with E-state index >= 15 is 0 Å². The molecule has 0 saturated heterocycles. The maximum Gasteiger partial charge on any atom is 0.220 e. The lowest BCUT2D eigenvalue weighted by molar-refractivity contribution is -0.122. The maximum absolute atomic E-state index is 11.5. The fourth-order valence-corrected chi connectivity index (χ4v) is 1.33. The first-order valence-corrected chi connectivity index (χ1v) is 5.53. The van der Waals surface area contributed by atoms with Gasteiger partial charge in [0.05, 0.1) is 0 Å². The molecule has 0 saturated carbocycles. The smallest absolute Gasteiger partial charge is 0.220 e. The van der Waals surface area contributed by atoms with Gasteiger partial charge in [-0.15, -0.1) is 0 Å². The summed E-state index contributed by atoms with van der Waals surface area (Å²) in [6, 6.07) is 9.98. The van der Waals surface area contributed by atoms with Gasteiger partial charge in [0.1, 0.15) is 0 Å². The molecule has 0 aromatic heterocycles. The van der Waals surface area contributed by atoms with Gasteiger partial charge in [0, 0.05) is 13.0 Å². The minimum absolute atomic E-state index is 0.146. The Labute approximate surface area is 91.7 Å². The molecule has 1 aromatic carbocycles. The van der Waals surface area contributed by atoms with Crippen LogP contribution in [0.5, 0.6) is 0 Å². The summed E-state index contributed by atoms with van der Waals surface area (Å²) >= 11 is 0. The molecule has 0 heterocycles. The number of carbonyl (C=O) groups is 1. The van der Waals surface area contributed by atoms with Gasteiger partial charge in [-0.05, 0) is 11.5 Å². The third-order valence-electron chi connectivity index (χ3n) is 2.56. The molecular weight excluding hydrogens is 186 g/mol. The van der Waals surface area contributed by atoms with Crippen molar-refractivity contribution in [3.63, 3.8) is 0 Å². The summed E-state index contributed by atoms with van der Waals surface area (Å²) in [5.74, 6) is 0.619. The Morgan fingerprint density at radius 2 is 2.00 bits per heavy atom. The van der Waals surface area contributed by atoms with Crippen LogP contribution in [-0.4, -0.2) is 5.91 Å². The van der Waals surface area contributed by atoms with Crippen molar-refractivity contribution in [1.82, 2.24) is 5.32 Å². The minimum Gasteiger partial charge on any atom is -0.352 e. The van der Waals surface area contributed by atoms with E-state index in [0.29, 0.717) is 18.9 Å². The van der Waals surface area contributed by atoms with E-state index in [4.69, 9.17) is 0 Å². The Kier molecular flexibility index (Phi) is 4.88. The summed E-state index contributed by atoms with van der Waals surface area (Å²) in [6.07, 6.45) is 1.68. The molecule has 0 unspecified atom stereocenters. The second-order valence-corrected chi connectivity index (χ2v) is 3.98. The summed E-state index contributed by atoms with van der Waals surface area (Å²) < 4.78 is 0. The van der Waals surface area contributed by atoms with Crippen LogP contribution in [0.3, 0.4) is 0 Å². The quantitative estimate of drug-likeness (QED) is 0.786. The lowest BCUT2D eigenvalue weighted by Gasteiger charge is -2.09. The van der Waals surface area contributed by atoms with Gasteiger partial charge in [-0.3, -0.25) is 4.79 Å². The van der Waals surface area contributed by atoms with Gasteiger partial charge < -0.3 is 5.32 Å². The fourth-order valence-electron chi connectivity index (χ4n) is 1.33. The number of carbonyl (C=O) groups excluding carboxylic acids is 1. The molecule has 0 spiro atoms. The van der Waals surface area contributed by atoms with Gasteiger partial charge in [-0.1, -0.05) is 50.6 Å². The largest absolute Gasteiger partial charge is 0.352 e. The Morgan fingerprint density at radius 3 is 2.60 bits per heavy atom. The van der Waals surface area contributed by atoms with Gasteiger partial charge >= 0.3 is 0 Å². The van der Waals surface area contributed by atoms with Crippen LogP contribution >= 0.6 is 0 Å². The summed E-state index contributed by atoms with van der Waals surface area (Å²) in [5.41, 5.74) is 1.15. The lowest BCUT2D eigenvalue weighted by atomic mass is 10.1. The molecule has 1 amide bonds. The highest BCUT2D eigenvalue weighted by Crippen LogP contribution is 2.06. The fraction of sp³-hybridized carbons (Fsp3) is 0.462. The first-order valence-electron chi connectivity index (χ1n) is 5.53. The highest BCUT2D eigenvalue weighted by atomic mass is 16.1. The number of hydrogen-bond acceptors (Lipinski definition) is 1. The number of hydrogen-bond donors (Lipinski definition) is 1. The normalized spacial score (nSPS) is 12.1. The molecule has 82 valence electrons. The minimum atomic E-state index is 0.146. The van der Waals surface area contributed by atoms with E-state index in [-0.39, 0.29) is 5.91 Å². The number of rotatable bonds is 5. The third kappa shape index (κ3) is 4.63. The summed E-state index contributed by atoms with van der Waals surface area (Å²) in [7, 11) is 0. The van der Waals surface area contributed by atoms with E-state index in [2.05, 4.69) is 19.2 Å². The average Bonchev–Trinajstić information content (AvgIpc) is 2.27. The molecule has 0 bridgehead atoms. The standard InChI is InChI=1S/C13H19NO/c1-3-11(2)9-13(15)14-10-12-7-5-4-6-8-12/h4-8,11H,3,9-10H2,1-2H3,(H,14,15)/t11-/m1/s1. The van der Waals surface area contributed by atoms with Crippen molar-refractivity contribution in [2.45, 2.75) is 33.2 Å². The predicted octanol–water partition coefficient (Wildman–Crippen LogP) is 2.74. The molecule has 2 nitrogen and oxygen atoms in total. The zero-order valence-corrected chi connectivity index (χ0v) is 9.49. The Balaban J connectivity index is 2.29. The average molecular weight is 205 g/mol. The number of amides is 1. The summed E-state index contributed by atoms with van der Waals surface area (Å²) in [4.78, 5) is 11.5. The van der Waals surface area contributed by atoms with E-state index < -0.39 is 0 Å². The molecule has 2 heteroatoms. The zero-order valence-electron chi connectivity index (χ0n) is 9.49. The van der Waals surface area contributed by atoms with Gasteiger partial charge in [-0.25, -0.2) is 0 Å². The SMILES string of the molecule is CC[C@@H](C)CC(=O)NCc1ccccc1. The van der Waals surface area contributed by atoms with Crippen LogP contribution in [0.15, 0.2) is 30.3 Å². The molecule has 0 aliphatic carbocycles. The molecule has 1 N–H and O–H groups in total. The van der Waals surface area contributed by atoms with E-state index in [1.807, 2.05) is 30.3 Å². The van der Waals surface area contributed by atoms with Gasteiger partial charge in [0.2, 0.25) is 5.91 Å². The van der Waals surface area contributed by atoms with Crippen LogP contribution in [0.1, 0.15) is 32.3 Å². The Bertz CT molecular complexity index is 295. The Hall–Kier alpha value is -1.31. The first kappa shape index (κ1) is 11.8. The number of nitrogens with one attached hydrogen (secondary N) is 1. The van der Waals surface area contributed by atoms with Crippen LogP contribution in [-0.2, 0) is 11.3 Å². The molecule has 1 aromatic rings. The maximum atomic E-state index is 11.5. The molecule has 0 aliphatic heterocycles. The Morgan fingerprint density at radius 1 is 1.33 bits per heavy atom. The van der Waals surface area contributed by atoms with E-state index in [0.717, 1.165) is 12.0 Å². The second-order valence-electron chi connectivity index (χ2n) is 3.98. The van der Waals surface area contributed by atoms with Crippen molar-refractivity contribution < 1.29 is 4.79 Å². The molecule has 1 rings (SSSR count). The van der Waals surface area contributed by atoms with Crippen LogP contribution in [0.25, 0.3) is 0 Å². The topological polar surface area (TPSA) is 29.1 Å². The number of benzene rings is 1. The molecule has 15 heavy (non-hydrogen) atoms. The monoisotopic (exact) mass is 205 g/mol. The van der Waals surface area contributed by atoms with Crippen LogP contribution in [0.2, 0.25) is 0 Å². The van der Waals surface area contributed by atoms with Crippen molar-refractivity contribution in [3.05, 3.63) is 35.9 Å².